The summed E-state index contributed by atoms with van der Waals surface area (Å²) in [5.74, 6) is -0.283. The van der Waals surface area contributed by atoms with E-state index in [1.807, 2.05) is 18.2 Å². The van der Waals surface area contributed by atoms with E-state index in [-0.39, 0.29) is 23.0 Å². The monoisotopic (exact) mass is 350 g/mol. The molecule has 2 aromatic heterocycles. The second-order valence-electron chi connectivity index (χ2n) is 6.36. The molecule has 2 N–H and O–H groups in total. The van der Waals surface area contributed by atoms with Crippen molar-refractivity contribution in [3.63, 3.8) is 0 Å². The van der Waals surface area contributed by atoms with Gasteiger partial charge in [0.15, 0.2) is 0 Å². The lowest BCUT2D eigenvalue weighted by Gasteiger charge is -2.14. The Balaban J connectivity index is 1.68. The molecule has 0 unspecified atom stereocenters. The number of H-pyrrole nitrogens is 1. The molecule has 0 saturated heterocycles. The highest BCUT2D eigenvalue weighted by atomic mass is 16.2. The molecule has 0 spiro atoms. The zero-order valence-corrected chi connectivity index (χ0v) is 14.3. The number of aromatic nitrogens is 3. The number of pyridine rings is 1. The van der Waals surface area contributed by atoms with Crippen molar-refractivity contribution in [3.8, 4) is 0 Å². The third-order valence-corrected chi connectivity index (χ3v) is 4.85. The predicted octanol–water partition coefficient (Wildman–Crippen LogP) is 1.52. The summed E-state index contributed by atoms with van der Waals surface area (Å²) in [5.41, 5.74) is 1.92. The number of amides is 1. The molecule has 0 fully saturated rings. The van der Waals surface area contributed by atoms with Crippen molar-refractivity contribution in [2.45, 2.75) is 32.4 Å². The number of nitrogens with one attached hydrogen (secondary N) is 2. The van der Waals surface area contributed by atoms with Crippen LogP contribution in [0.25, 0.3) is 11.0 Å². The van der Waals surface area contributed by atoms with Crippen molar-refractivity contribution in [2.75, 3.05) is 0 Å². The van der Waals surface area contributed by atoms with E-state index < -0.39 is 11.2 Å². The highest BCUT2D eigenvalue weighted by Crippen LogP contribution is 2.30. The molecule has 0 bridgehead atoms. The number of hydrogen-bond acceptors (Lipinski definition) is 4. The van der Waals surface area contributed by atoms with E-state index in [0.717, 1.165) is 18.4 Å². The lowest BCUT2D eigenvalue weighted by Crippen LogP contribution is -2.31. The average Bonchev–Trinajstić information content (AvgIpc) is 3.05. The van der Waals surface area contributed by atoms with Gasteiger partial charge in [-0.3, -0.25) is 19.1 Å². The van der Waals surface area contributed by atoms with Gasteiger partial charge < -0.3 is 5.32 Å². The minimum absolute atomic E-state index is 0.0442. The minimum Gasteiger partial charge on any atom is -0.345 e. The summed E-state index contributed by atoms with van der Waals surface area (Å²) in [4.78, 5) is 43.1. The van der Waals surface area contributed by atoms with Gasteiger partial charge in [0, 0.05) is 12.7 Å². The number of nitrogens with zero attached hydrogens (tertiary/aromatic N) is 2. The van der Waals surface area contributed by atoms with E-state index in [9.17, 15) is 14.4 Å². The van der Waals surface area contributed by atoms with Crippen molar-refractivity contribution >= 4 is 16.9 Å². The van der Waals surface area contributed by atoms with Crippen LogP contribution < -0.4 is 16.6 Å². The lowest BCUT2D eigenvalue weighted by atomic mass is 10.1. The first kappa shape index (κ1) is 16.3. The SMILES string of the molecule is CCn1c(=O)[nH]c(=O)c2cc(C(=O)N[C@@H]3CCc4ccccc43)cnc21. The molecule has 132 valence electrons. The Morgan fingerprint density at radius 3 is 2.96 bits per heavy atom. The van der Waals surface area contributed by atoms with Gasteiger partial charge in [-0.15, -0.1) is 0 Å². The Bertz CT molecular complexity index is 1130. The maximum atomic E-state index is 12.7. The summed E-state index contributed by atoms with van der Waals surface area (Å²) in [6, 6.07) is 9.50. The molecule has 4 rings (SSSR count). The molecule has 3 aromatic rings. The summed E-state index contributed by atoms with van der Waals surface area (Å²) in [5, 5.41) is 3.24. The third kappa shape index (κ3) is 2.61. The maximum absolute atomic E-state index is 12.7. The minimum atomic E-state index is -0.539. The highest BCUT2D eigenvalue weighted by Gasteiger charge is 2.24. The van der Waals surface area contributed by atoms with Gasteiger partial charge in [-0.1, -0.05) is 24.3 Å². The Hall–Kier alpha value is -3.22. The zero-order chi connectivity index (χ0) is 18.3. The summed E-state index contributed by atoms with van der Waals surface area (Å²) < 4.78 is 1.37. The maximum Gasteiger partial charge on any atom is 0.329 e. The summed E-state index contributed by atoms with van der Waals surface area (Å²) >= 11 is 0. The van der Waals surface area contributed by atoms with E-state index in [2.05, 4.69) is 21.4 Å². The fraction of sp³-hybridized carbons (Fsp3) is 0.263. The molecule has 1 aliphatic rings. The van der Waals surface area contributed by atoms with Crippen LogP contribution in [0.15, 0.2) is 46.1 Å². The number of fused-ring (bicyclic) bond motifs is 2. The molecule has 0 aliphatic heterocycles. The molecule has 7 nitrogen and oxygen atoms in total. The molecule has 0 saturated carbocycles. The van der Waals surface area contributed by atoms with Crippen LogP contribution in [-0.4, -0.2) is 20.4 Å². The Kier molecular flexibility index (Phi) is 3.91. The number of carbonyl (C=O) groups excluding carboxylic acids is 1. The van der Waals surface area contributed by atoms with Crippen LogP contribution in [0.5, 0.6) is 0 Å². The molecular weight excluding hydrogens is 332 g/mol. The molecule has 0 radical (unpaired) electrons. The van der Waals surface area contributed by atoms with Crippen LogP contribution in [-0.2, 0) is 13.0 Å². The molecule has 2 heterocycles. The summed E-state index contributed by atoms with van der Waals surface area (Å²) in [6.07, 6.45) is 3.19. The third-order valence-electron chi connectivity index (χ3n) is 4.85. The van der Waals surface area contributed by atoms with Crippen LogP contribution in [0.4, 0.5) is 0 Å². The van der Waals surface area contributed by atoms with Crippen molar-refractivity contribution in [1.82, 2.24) is 19.9 Å². The average molecular weight is 350 g/mol. The van der Waals surface area contributed by atoms with Gasteiger partial charge in [0.2, 0.25) is 0 Å². The van der Waals surface area contributed by atoms with E-state index in [4.69, 9.17) is 0 Å². The quantitative estimate of drug-likeness (QED) is 0.748. The van der Waals surface area contributed by atoms with Gasteiger partial charge in [-0.25, -0.2) is 9.78 Å². The van der Waals surface area contributed by atoms with Crippen LogP contribution in [0, 0.1) is 0 Å². The van der Waals surface area contributed by atoms with E-state index >= 15 is 0 Å². The van der Waals surface area contributed by atoms with Gasteiger partial charge in [-0.05, 0) is 37.0 Å². The molecule has 26 heavy (non-hydrogen) atoms. The van der Waals surface area contributed by atoms with E-state index in [1.54, 1.807) is 6.92 Å². The second-order valence-corrected chi connectivity index (χ2v) is 6.36. The van der Waals surface area contributed by atoms with Gasteiger partial charge >= 0.3 is 5.69 Å². The van der Waals surface area contributed by atoms with Crippen LogP contribution in [0.3, 0.4) is 0 Å². The number of aromatic amines is 1. The van der Waals surface area contributed by atoms with Gasteiger partial charge in [-0.2, -0.15) is 0 Å². The second kappa shape index (κ2) is 6.25. The molecule has 7 heteroatoms. The Morgan fingerprint density at radius 1 is 1.35 bits per heavy atom. The lowest BCUT2D eigenvalue weighted by molar-refractivity contribution is 0.0936. The first-order valence-corrected chi connectivity index (χ1v) is 8.60. The van der Waals surface area contributed by atoms with Gasteiger partial charge in [0.05, 0.1) is 17.0 Å². The van der Waals surface area contributed by atoms with Crippen molar-refractivity contribution < 1.29 is 4.79 Å². The van der Waals surface area contributed by atoms with Crippen molar-refractivity contribution in [1.29, 1.82) is 0 Å². The van der Waals surface area contributed by atoms with E-state index in [0.29, 0.717) is 12.1 Å². The molecule has 1 atom stereocenters. The highest BCUT2D eigenvalue weighted by molar-refractivity contribution is 5.97. The van der Waals surface area contributed by atoms with Crippen molar-refractivity contribution in [2.24, 2.45) is 0 Å². The smallest absolute Gasteiger partial charge is 0.329 e. The van der Waals surface area contributed by atoms with E-state index in [1.165, 1.54) is 22.4 Å². The predicted molar refractivity (Wildman–Crippen MR) is 97.3 cm³/mol. The normalized spacial score (nSPS) is 15.8. The molecular formula is C19H18N4O3. The van der Waals surface area contributed by atoms with Gasteiger partial charge in [0.25, 0.3) is 11.5 Å². The first-order chi connectivity index (χ1) is 12.6. The summed E-state index contributed by atoms with van der Waals surface area (Å²) in [6.45, 7) is 2.17. The van der Waals surface area contributed by atoms with Crippen LogP contribution in [0.2, 0.25) is 0 Å². The number of aryl methyl sites for hydroxylation is 2. The fourth-order valence-corrected chi connectivity index (χ4v) is 3.53. The Morgan fingerprint density at radius 2 is 2.15 bits per heavy atom. The number of hydrogen-bond donors (Lipinski definition) is 2. The largest absolute Gasteiger partial charge is 0.345 e. The molecule has 1 aromatic carbocycles. The standard InChI is InChI=1S/C19H18N4O3/c1-2-23-16-14(18(25)22-19(23)26)9-12(10-20-16)17(24)21-15-8-7-11-5-3-4-6-13(11)15/h3-6,9-10,15H,2,7-8H2,1H3,(H,21,24)(H,22,25,26)/t15-/m1/s1. The number of carbonyl (C=O) groups is 1. The van der Waals surface area contributed by atoms with Gasteiger partial charge in [0.1, 0.15) is 5.65 Å². The molecule has 1 amide bonds. The first-order valence-electron chi connectivity index (χ1n) is 8.60. The van der Waals surface area contributed by atoms with Crippen molar-refractivity contribution in [3.05, 3.63) is 74.1 Å². The zero-order valence-electron chi connectivity index (χ0n) is 14.3. The topological polar surface area (TPSA) is 96.9 Å². The summed E-state index contributed by atoms with van der Waals surface area (Å²) in [7, 11) is 0. The molecule has 1 aliphatic carbocycles. The Labute approximate surface area is 148 Å². The van der Waals surface area contributed by atoms with Crippen LogP contribution >= 0.6 is 0 Å². The number of benzene rings is 1. The van der Waals surface area contributed by atoms with Crippen LogP contribution in [0.1, 0.15) is 40.9 Å². The fourth-order valence-electron chi connectivity index (χ4n) is 3.53. The number of rotatable bonds is 3.